The van der Waals surface area contributed by atoms with E-state index in [4.69, 9.17) is 11.6 Å². The number of halogens is 2. The maximum Gasteiger partial charge on any atom is 0.161 e. The predicted molar refractivity (Wildman–Crippen MR) is 83.8 cm³/mol. The Morgan fingerprint density at radius 2 is 2.00 bits per heavy atom. The highest BCUT2D eigenvalue weighted by Gasteiger charge is 2.15. The number of rotatable bonds is 3. The number of anilines is 1. The summed E-state index contributed by atoms with van der Waals surface area (Å²) in [5.41, 5.74) is 1.90. The van der Waals surface area contributed by atoms with Crippen molar-refractivity contribution < 1.29 is 0 Å². The summed E-state index contributed by atoms with van der Waals surface area (Å²) in [6.45, 7) is 4.21. The Labute approximate surface area is 126 Å². The second-order valence-corrected chi connectivity index (χ2v) is 5.74. The highest BCUT2D eigenvalue weighted by Crippen LogP contribution is 2.31. The van der Waals surface area contributed by atoms with Crippen LogP contribution in [0.2, 0.25) is 5.02 Å². The number of hydrogen-bond acceptors (Lipinski definition) is 3. The van der Waals surface area contributed by atoms with Crippen LogP contribution in [-0.2, 0) is 0 Å². The second-order valence-electron chi connectivity index (χ2n) is 4.51. The first kappa shape index (κ1) is 14.3. The summed E-state index contributed by atoms with van der Waals surface area (Å²) in [5.74, 6) is 1.77. The summed E-state index contributed by atoms with van der Waals surface area (Å²) in [6.07, 6.45) is 0. The summed E-state index contributed by atoms with van der Waals surface area (Å²) in [4.78, 5) is 9.15. The van der Waals surface area contributed by atoms with Crippen molar-refractivity contribution in [2.45, 2.75) is 19.8 Å². The van der Waals surface area contributed by atoms with Gasteiger partial charge in [0, 0.05) is 17.6 Å². The van der Waals surface area contributed by atoms with Crippen molar-refractivity contribution in [3.63, 3.8) is 0 Å². The van der Waals surface area contributed by atoms with Crippen molar-refractivity contribution in [1.82, 2.24) is 9.97 Å². The van der Waals surface area contributed by atoms with Crippen LogP contribution in [-0.4, -0.2) is 17.0 Å². The number of aromatic nitrogens is 2. The Bertz CT molecular complexity index is 599. The molecule has 0 fully saturated rings. The average Bonchev–Trinajstić information content (AvgIpc) is 2.38. The minimum Gasteiger partial charge on any atom is -0.372 e. The summed E-state index contributed by atoms with van der Waals surface area (Å²) in [5, 5.41) is 3.77. The molecule has 0 radical (unpaired) electrons. The summed E-state index contributed by atoms with van der Waals surface area (Å²) in [6, 6.07) is 7.57. The molecule has 2 aromatic rings. The van der Waals surface area contributed by atoms with Gasteiger partial charge in [0.1, 0.15) is 5.82 Å². The van der Waals surface area contributed by atoms with E-state index in [0.717, 1.165) is 21.5 Å². The average molecular weight is 341 g/mol. The quantitative estimate of drug-likeness (QED) is 0.878. The molecule has 3 nitrogen and oxygen atoms in total. The van der Waals surface area contributed by atoms with Crippen LogP contribution in [0.4, 0.5) is 5.82 Å². The third-order valence-electron chi connectivity index (χ3n) is 2.74. The fourth-order valence-electron chi connectivity index (χ4n) is 1.77. The topological polar surface area (TPSA) is 37.8 Å². The van der Waals surface area contributed by atoms with E-state index < -0.39 is 0 Å². The van der Waals surface area contributed by atoms with Gasteiger partial charge in [0.2, 0.25) is 0 Å². The van der Waals surface area contributed by atoms with Crippen LogP contribution in [0.5, 0.6) is 0 Å². The van der Waals surface area contributed by atoms with Gasteiger partial charge in [-0.3, -0.25) is 0 Å². The molecule has 0 saturated heterocycles. The molecule has 0 aliphatic heterocycles. The standard InChI is InChI=1S/C14H15BrClN3/c1-8(2)12-11(15)14(17-3)19-13(18-12)9-5-4-6-10(16)7-9/h4-8H,1-3H3,(H,17,18,19). The van der Waals surface area contributed by atoms with Crippen molar-refractivity contribution in [3.8, 4) is 11.4 Å². The van der Waals surface area contributed by atoms with Gasteiger partial charge >= 0.3 is 0 Å². The van der Waals surface area contributed by atoms with E-state index in [1.807, 2.05) is 31.3 Å². The minimum atomic E-state index is 0.308. The van der Waals surface area contributed by atoms with E-state index in [9.17, 15) is 0 Å². The van der Waals surface area contributed by atoms with Gasteiger partial charge in [0.25, 0.3) is 0 Å². The molecule has 100 valence electrons. The maximum atomic E-state index is 6.02. The first-order valence-corrected chi connectivity index (χ1v) is 7.21. The lowest BCUT2D eigenvalue weighted by Gasteiger charge is -2.13. The minimum absolute atomic E-state index is 0.308. The van der Waals surface area contributed by atoms with Gasteiger partial charge in [-0.2, -0.15) is 0 Å². The van der Waals surface area contributed by atoms with E-state index in [0.29, 0.717) is 16.8 Å². The number of nitrogens with zero attached hydrogens (tertiary/aromatic N) is 2. The van der Waals surface area contributed by atoms with Crippen molar-refractivity contribution in [2.75, 3.05) is 12.4 Å². The highest BCUT2D eigenvalue weighted by molar-refractivity contribution is 9.10. The lowest BCUT2D eigenvalue weighted by atomic mass is 10.1. The lowest BCUT2D eigenvalue weighted by molar-refractivity contribution is 0.810. The molecular weight excluding hydrogens is 326 g/mol. The van der Waals surface area contributed by atoms with Crippen LogP contribution >= 0.6 is 27.5 Å². The van der Waals surface area contributed by atoms with E-state index in [-0.39, 0.29) is 0 Å². The summed E-state index contributed by atoms with van der Waals surface area (Å²) in [7, 11) is 1.85. The molecule has 0 bridgehead atoms. The molecule has 1 N–H and O–H groups in total. The van der Waals surface area contributed by atoms with Crippen molar-refractivity contribution in [2.24, 2.45) is 0 Å². The van der Waals surface area contributed by atoms with Crippen LogP contribution < -0.4 is 5.32 Å². The molecule has 19 heavy (non-hydrogen) atoms. The van der Waals surface area contributed by atoms with Crippen molar-refractivity contribution in [3.05, 3.63) is 39.5 Å². The highest BCUT2D eigenvalue weighted by atomic mass is 79.9. The zero-order valence-electron chi connectivity index (χ0n) is 11.0. The molecule has 0 unspecified atom stereocenters. The summed E-state index contributed by atoms with van der Waals surface area (Å²) >= 11 is 9.57. The first-order chi connectivity index (χ1) is 9.02. The zero-order chi connectivity index (χ0) is 14.0. The van der Waals surface area contributed by atoms with Crippen LogP contribution in [0.3, 0.4) is 0 Å². The number of nitrogens with one attached hydrogen (secondary N) is 1. The molecule has 0 spiro atoms. The maximum absolute atomic E-state index is 6.02. The molecule has 1 aromatic heterocycles. The molecule has 1 aromatic carbocycles. The Morgan fingerprint density at radius 1 is 1.26 bits per heavy atom. The van der Waals surface area contributed by atoms with Crippen LogP contribution in [0.1, 0.15) is 25.5 Å². The molecular formula is C14H15BrClN3. The van der Waals surface area contributed by atoms with E-state index in [2.05, 4.69) is 45.1 Å². The monoisotopic (exact) mass is 339 g/mol. The smallest absolute Gasteiger partial charge is 0.161 e. The number of benzene rings is 1. The van der Waals surface area contributed by atoms with Gasteiger partial charge in [0.15, 0.2) is 5.82 Å². The Balaban J connectivity index is 2.61. The van der Waals surface area contributed by atoms with Gasteiger partial charge in [-0.25, -0.2) is 9.97 Å². The fourth-order valence-corrected chi connectivity index (χ4v) is 2.79. The van der Waals surface area contributed by atoms with Gasteiger partial charge < -0.3 is 5.32 Å². The van der Waals surface area contributed by atoms with Gasteiger partial charge in [0.05, 0.1) is 10.2 Å². The summed E-state index contributed by atoms with van der Waals surface area (Å²) < 4.78 is 0.913. The molecule has 2 rings (SSSR count). The Hall–Kier alpha value is -1.13. The Kier molecular flexibility index (Phi) is 4.42. The third kappa shape index (κ3) is 3.07. The molecule has 0 amide bonds. The second kappa shape index (κ2) is 5.88. The third-order valence-corrected chi connectivity index (χ3v) is 3.76. The van der Waals surface area contributed by atoms with Crippen LogP contribution in [0, 0.1) is 0 Å². The molecule has 0 aliphatic carbocycles. The normalized spacial score (nSPS) is 10.8. The molecule has 5 heteroatoms. The molecule has 0 atom stereocenters. The van der Waals surface area contributed by atoms with Gasteiger partial charge in [-0.15, -0.1) is 0 Å². The molecule has 1 heterocycles. The van der Waals surface area contributed by atoms with Gasteiger partial charge in [-0.1, -0.05) is 37.6 Å². The fraction of sp³-hybridized carbons (Fsp3) is 0.286. The van der Waals surface area contributed by atoms with E-state index >= 15 is 0 Å². The van der Waals surface area contributed by atoms with Gasteiger partial charge in [-0.05, 0) is 34.0 Å². The van der Waals surface area contributed by atoms with Crippen molar-refractivity contribution in [1.29, 1.82) is 0 Å². The lowest BCUT2D eigenvalue weighted by Crippen LogP contribution is -2.04. The number of hydrogen-bond donors (Lipinski definition) is 1. The predicted octanol–water partition coefficient (Wildman–Crippen LogP) is 4.72. The van der Waals surface area contributed by atoms with Crippen LogP contribution in [0.25, 0.3) is 11.4 Å². The first-order valence-electron chi connectivity index (χ1n) is 6.04. The Morgan fingerprint density at radius 3 is 2.58 bits per heavy atom. The zero-order valence-corrected chi connectivity index (χ0v) is 13.4. The van der Waals surface area contributed by atoms with E-state index in [1.54, 1.807) is 0 Å². The van der Waals surface area contributed by atoms with Crippen molar-refractivity contribution >= 4 is 33.3 Å². The van der Waals surface area contributed by atoms with Crippen LogP contribution in [0.15, 0.2) is 28.7 Å². The largest absolute Gasteiger partial charge is 0.372 e. The SMILES string of the molecule is CNc1nc(-c2cccc(Cl)c2)nc(C(C)C)c1Br. The molecule has 0 saturated carbocycles. The molecule has 0 aliphatic rings. The van der Waals surface area contributed by atoms with E-state index in [1.165, 1.54) is 0 Å².